The molecule has 1 aliphatic rings. The summed E-state index contributed by atoms with van der Waals surface area (Å²) in [7, 11) is -2.93. The van der Waals surface area contributed by atoms with Crippen molar-refractivity contribution >= 4 is 18.7 Å². The smallest absolute Gasteiger partial charge is 0.330 e. The van der Waals surface area contributed by atoms with Gasteiger partial charge in [0.05, 0.1) is 39.1 Å². The lowest BCUT2D eigenvalue weighted by atomic mass is 10.1. The first-order chi connectivity index (χ1) is 22.1. The highest BCUT2D eigenvalue weighted by atomic mass is 28.4. The zero-order chi connectivity index (χ0) is 32.8. The lowest BCUT2D eigenvalue weighted by Gasteiger charge is -2.43. The molecule has 10 heteroatoms. The summed E-state index contributed by atoms with van der Waals surface area (Å²) in [5.74, 6) is 0. The average molecular weight is 645 g/mol. The van der Waals surface area contributed by atoms with Gasteiger partial charge in [-0.05, 0) is 27.9 Å². The van der Waals surface area contributed by atoms with Crippen molar-refractivity contribution in [3.8, 4) is 0 Å². The molecule has 0 spiro atoms. The van der Waals surface area contributed by atoms with Crippen molar-refractivity contribution in [1.29, 1.82) is 0 Å². The zero-order valence-corrected chi connectivity index (χ0v) is 28.0. The van der Waals surface area contributed by atoms with Crippen LogP contribution in [0.2, 0.25) is 5.04 Å². The third-order valence-electron chi connectivity index (χ3n) is 8.61. The van der Waals surface area contributed by atoms with Crippen molar-refractivity contribution in [1.82, 2.24) is 9.55 Å². The van der Waals surface area contributed by atoms with Gasteiger partial charge in [0.2, 0.25) is 0 Å². The van der Waals surface area contributed by atoms with Crippen LogP contribution in [-0.4, -0.2) is 61.6 Å². The zero-order valence-electron chi connectivity index (χ0n) is 27.0. The molecule has 9 nitrogen and oxygen atoms in total. The van der Waals surface area contributed by atoms with E-state index in [0.717, 1.165) is 15.9 Å². The molecule has 0 amide bonds. The molecular formula is C36H44N2O7Si. The standard InChI is InChI=1S/C36H44N2O7Si/c1-27-23-38(34(41)37-33(27)40)36(26-42-24-28-14-8-5-9-15-28)22-31(43-21-20-39)32(45-36)25-44-46(35(2,3)4,29-16-10-6-11-17-29)30-18-12-7-13-19-30/h5-19,23,31-32,39H,20-22,24-26H2,1-4H3,(H,37,40,41)/t31-,32+,36-/m0/s1. The number of H-pyrrole nitrogens is 1. The van der Waals surface area contributed by atoms with E-state index in [1.165, 1.54) is 10.8 Å². The largest absolute Gasteiger partial charge is 0.405 e. The summed E-state index contributed by atoms with van der Waals surface area (Å²) in [6.45, 7) is 8.66. The Kier molecular flexibility index (Phi) is 10.6. The molecule has 0 bridgehead atoms. The first-order valence-corrected chi connectivity index (χ1v) is 17.6. The van der Waals surface area contributed by atoms with Gasteiger partial charge in [-0.15, -0.1) is 0 Å². The molecule has 2 heterocycles. The monoisotopic (exact) mass is 644 g/mol. The van der Waals surface area contributed by atoms with Crippen LogP contribution < -0.4 is 21.6 Å². The van der Waals surface area contributed by atoms with Crippen molar-refractivity contribution in [2.75, 3.05) is 26.4 Å². The topological polar surface area (TPSA) is 112 Å². The number of hydrogen-bond donors (Lipinski definition) is 2. The van der Waals surface area contributed by atoms with Gasteiger partial charge in [0.25, 0.3) is 13.9 Å². The van der Waals surface area contributed by atoms with Crippen LogP contribution in [0.3, 0.4) is 0 Å². The third kappa shape index (κ3) is 7.02. The Morgan fingerprint density at radius 2 is 1.54 bits per heavy atom. The van der Waals surface area contributed by atoms with Crippen LogP contribution >= 0.6 is 0 Å². The van der Waals surface area contributed by atoms with Crippen LogP contribution in [-0.2, 0) is 31.0 Å². The first kappa shape index (κ1) is 33.7. The second-order valence-electron chi connectivity index (χ2n) is 12.8. The van der Waals surface area contributed by atoms with E-state index in [4.69, 9.17) is 18.6 Å². The summed E-state index contributed by atoms with van der Waals surface area (Å²) in [5, 5.41) is 11.7. The average Bonchev–Trinajstić information content (AvgIpc) is 3.41. The summed E-state index contributed by atoms with van der Waals surface area (Å²) >= 11 is 0. The number of aliphatic hydroxyl groups is 1. The molecule has 0 aliphatic carbocycles. The number of aromatic amines is 1. The fourth-order valence-corrected chi connectivity index (χ4v) is 11.0. The maximum atomic E-state index is 13.3. The molecule has 3 aromatic carbocycles. The summed E-state index contributed by atoms with van der Waals surface area (Å²) in [6, 6.07) is 30.4. The molecule has 1 saturated heterocycles. The second-order valence-corrected chi connectivity index (χ2v) is 17.1. The first-order valence-electron chi connectivity index (χ1n) is 15.7. The van der Waals surface area contributed by atoms with Gasteiger partial charge >= 0.3 is 5.69 Å². The van der Waals surface area contributed by atoms with E-state index in [9.17, 15) is 14.7 Å². The molecule has 244 valence electrons. The van der Waals surface area contributed by atoms with Gasteiger partial charge in [0, 0.05) is 18.2 Å². The highest BCUT2D eigenvalue weighted by molar-refractivity contribution is 6.99. The number of nitrogens with one attached hydrogen (secondary N) is 1. The van der Waals surface area contributed by atoms with Crippen molar-refractivity contribution in [3.05, 3.63) is 129 Å². The molecule has 0 radical (unpaired) electrons. The molecule has 3 atom stereocenters. The molecule has 2 N–H and O–H groups in total. The summed E-state index contributed by atoms with van der Waals surface area (Å²) in [6.07, 6.45) is 0.598. The fourth-order valence-electron chi connectivity index (χ4n) is 6.42. The number of nitrogens with zero attached hydrogens (tertiary/aromatic N) is 1. The molecule has 1 aromatic heterocycles. The number of hydrogen-bond acceptors (Lipinski definition) is 7. The lowest BCUT2D eigenvalue weighted by Crippen LogP contribution is -2.67. The fraction of sp³-hybridized carbons (Fsp3) is 0.389. The van der Waals surface area contributed by atoms with Gasteiger partial charge in [0.15, 0.2) is 5.72 Å². The van der Waals surface area contributed by atoms with Crippen molar-refractivity contribution in [2.45, 2.75) is 63.7 Å². The molecule has 46 heavy (non-hydrogen) atoms. The van der Waals surface area contributed by atoms with Gasteiger partial charge < -0.3 is 23.7 Å². The van der Waals surface area contributed by atoms with Crippen molar-refractivity contribution in [2.24, 2.45) is 0 Å². The second kappa shape index (κ2) is 14.4. The van der Waals surface area contributed by atoms with Crippen LogP contribution in [0, 0.1) is 6.92 Å². The summed E-state index contributed by atoms with van der Waals surface area (Å²) < 4.78 is 27.9. The van der Waals surface area contributed by atoms with Gasteiger partial charge in [-0.25, -0.2) is 4.79 Å². The molecule has 1 fully saturated rings. The van der Waals surface area contributed by atoms with Crippen LogP contribution in [0.5, 0.6) is 0 Å². The molecule has 4 aromatic rings. The molecular weight excluding hydrogens is 600 g/mol. The maximum Gasteiger partial charge on any atom is 0.330 e. The van der Waals surface area contributed by atoms with E-state index < -0.39 is 37.5 Å². The molecule has 1 aliphatic heterocycles. The number of aromatic nitrogens is 2. The van der Waals surface area contributed by atoms with E-state index in [1.54, 1.807) is 6.92 Å². The van der Waals surface area contributed by atoms with Gasteiger partial charge in [0.1, 0.15) is 6.10 Å². The Morgan fingerprint density at radius 1 is 0.957 bits per heavy atom. The molecule has 0 unspecified atom stereocenters. The van der Waals surface area contributed by atoms with Gasteiger partial charge in [-0.3, -0.25) is 14.3 Å². The maximum absolute atomic E-state index is 13.3. The minimum atomic E-state index is -2.93. The Labute approximate surface area is 270 Å². The van der Waals surface area contributed by atoms with E-state index in [2.05, 4.69) is 50.0 Å². The quantitative estimate of drug-likeness (QED) is 0.215. The van der Waals surface area contributed by atoms with Crippen LogP contribution in [0.15, 0.2) is 107 Å². The number of aliphatic hydroxyl groups excluding tert-OH is 1. The van der Waals surface area contributed by atoms with Crippen molar-refractivity contribution in [3.63, 3.8) is 0 Å². The Hall–Kier alpha value is -3.64. The van der Waals surface area contributed by atoms with Crippen molar-refractivity contribution < 1.29 is 23.7 Å². The Bertz CT molecular complexity index is 1630. The van der Waals surface area contributed by atoms with E-state index >= 15 is 0 Å². The van der Waals surface area contributed by atoms with E-state index in [1.807, 2.05) is 66.7 Å². The van der Waals surface area contributed by atoms with Crippen LogP contribution in [0.25, 0.3) is 0 Å². The van der Waals surface area contributed by atoms with E-state index in [-0.39, 0.29) is 37.9 Å². The molecule has 5 rings (SSSR count). The molecule has 0 saturated carbocycles. The highest BCUT2D eigenvalue weighted by Gasteiger charge is 2.54. The predicted octanol–water partition coefficient (Wildman–Crippen LogP) is 3.46. The third-order valence-corrected chi connectivity index (χ3v) is 13.6. The SMILES string of the molecule is Cc1cn([C@@]2(COCc3ccccc3)C[C@H](OCCO)[C@@H](CO[Si](c3ccccc3)(c3ccccc3)C(C)(C)C)O2)c(=O)[nH]c1=O. The minimum absolute atomic E-state index is 0.0159. The lowest BCUT2D eigenvalue weighted by molar-refractivity contribution is -0.157. The Balaban J connectivity index is 1.54. The number of ether oxygens (including phenoxy) is 3. The summed E-state index contributed by atoms with van der Waals surface area (Å²) in [5.41, 5.74) is -1.03. The summed E-state index contributed by atoms with van der Waals surface area (Å²) in [4.78, 5) is 28.1. The van der Waals surface area contributed by atoms with Crippen LogP contribution in [0.4, 0.5) is 0 Å². The van der Waals surface area contributed by atoms with Crippen LogP contribution in [0.1, 0.15) is 38.3 Å². The number of rotatable bonds is 13. The van der Waals surface area contributed by atoms with E-state index in [0.29, 0.717) is 12.2 Å². The van der Waals surface area contributed by atoms with Gasteiger partial charge in [-0.2, -0.15) is 0 Å². The predicted molar refractivity (Wildman–Crippen MR) is 180 cm³/mol. The number of benzene rings is 3. The Morgan fingerprint density at radius 3 is 2.11 bits per heavy atom. The highest BCUT2D eigenvalue weighted by Crippen LogP contribution is 2.40. The van der Waals surface area contributed by atoms with Gasteiger partial charge in [-0.1, -0.05) is 112 Å². The number of aryl methyl sites for hydroxylation is 1. The normalized spacial score (nSPS) is 20.2. The minimum Gasteiger partial charge on any atom is -0.405 e.